The quantitative estimate of drug-likeness (QED) is 0.855. The summed E-state index contributed by atoms with van der Waals surface area (Å²) < 4.78 is 3.76. The van der Waals surface area contributed by atoms with Crippen LogP contribution in [0.4, 0.5) is 0 Å². The van der Waals surface area contributed by atoms with Crippen molar-refractivity contribution in [3.05, 3.63) is 34.4 Å². The van der Waals surface area contributed by atoms with E-state index in [-0.39, 0.29) is 0 Å². The van der Waals surface area contributed by atoms with E-state index in [9.17, 15) is 0 Å². The van der Waals surface area contributed by atoms with Crippen molar-refractivity contribution < 1.29 is 0 Å². The smallest absolute Gasteiger partial charge is 0.0869 e. The fraction of sp³-hybridized carbons (Fsp3) is 0.600. The van der Waals surface area contributed by atoms with E-state index in [1.807, 2.05) is 28.7 Å². The Kier molecular flexibility index (Phi) is 5.42. The summed E-state index contributed by atoms with van der Waals surface area (Å²) in [5, 5.41) is 13.2. The number of halogens is 1. The van der Waals surface area contributed by atoms with Gasteiger partial charge in [0.1, 0.15) is 0 Å². The molecule has 5 nitrogen and oxygen atoms in total. The summed E-state index contributed by atoms with van der Waals surface area (Å²) in [5.41, 5.74) is 2.99. The Morgan fingerprint density at radius 2 is 2.10 bits per heavy atom. The normalized spacial score (nSPS) is 11.5. The molecular weight excluding hydrogens is 286 g/mol. The van der Waals surface area contributed by atoms with Crippen LogP contribution in [0, 0.1) is 5.92 Å². The van der Waals surface area contributed by atoms with Gasteiger partial charge in [-0.3, -0.25) is 9.36 Å². The van der Waals surface area contributed by atoms with Crippen molar-refractivity contribution in [3.8, 4) is 0 Å². The molecule has 2 aromatic heterocycles. The first-order valence-electron chi connectivity index (χ1n) is 7.44. The van der Waals surface area contributed by atoms with E-state index >= 15 is 0 Å². The fourth-order valence-corrected chi connectivity index (χ4v) is 2.57. The van der Waals surface area contributed by atoms with E-state index < -0.39 is 0 Å². The van der Waals surface area contributed by atoms with Gasteiger partial charge < -0.3 is 5.32 Å². The second kappa shape index (κ2) is 7.09. The molecule has 0 aromatic carbocycles. The first-order valence-corrected chi connectivity index (χ1v) is 7.82. The second-order valence-electron chi connectivity index (χ2n) is 5.71. The highest BCUT2D eigenvalue weighted by atomic mass is 35.5. The van der Waals surface area contributed by atoms with Crippen LogP contribution < -0.4 is 5.32 Å². The molecule has 0 fully saturated rings. The van der Waals surface area contributed by atoms with Crippen LogP contribution in [0.3, 0.4) is 0 Å². The van der Waals surface area contributed by atoms with Gasteiger partial charge in [0.25, 0.3) is 0 Å². The van der Waals surface area contributed by atoms with Gasteiger partial charge in [-0.2, -0.15) is 10.2 Å². The molecule has 0 unspecified atom stereocenters. The topological polar surface area (TPSA) is 47.7 Å². The van der Waals surface area contributed by atoms with Crippen LogP contribution in [0.1, 0.15) is 37.9 Å². The Morgan fingerprint density at radius 3 is 2.71 bits per heavy atom. The molecule has 21 heavy (non-hydrogen) atoms. The van der Waals surface area contributed by atoms with Crippen LogP contribution >= 0.6 is 11.6 Å². The minimum absolute atomic E-state index is 0.645. The third-order valence-corrected chi connectivity index (χ3v) is 3.81. The Balaban J connectivity index is 2.01. The molecule has 6 heteroatoms. The molecule has 1 N–H and O–H groups in total. The highest BCUT2D eigenvalue weighted by molar-refractivity contribution is 6.31. The van der Waals surface area contributed by atoms with E-state index in [2.05, 4.69) is 36.3 Å². The third-order valence-electron chi connectivity index (χ3n) is 3.37. The molecule has 0 aliphatic carbocycles. The number of aryl methyl sites for hydroxylation is 2. The number of nitrogens with one attached hydrogen (secondary N) is 1. The third kappa shape index (κ3) is 4.08. The maximum Gasteiger partial charge on any atom is 0.0869 e. The van der Waals surface area contributed by atoms with Crippen LogP contribution in [0.5, 0.6) is 0 Å². The molecule has 0 atom stereocenters. The van der Waals surface area contributed by atoms with E-state index in [0.29, 0.717) is 12.5 Å². The lowest BCUT2D eigenvalue weighted by molar-refractivity contribution is 0.541. The summed E-state index contributed by atoms with van der Waals surface area (Å²) in [7, 11) is 1.93. The Hall–Kier alpha value is -1.33. The predicted octanol–water partition coefficient (Wildman–Crippen LogP) is 2.63. The molecule has 116 valence electrons. The maximum absolute atomic E-state index is 6.37. The molecule has 0 saturated heterocycles. The molecule has 0 aliphatic heterocycles. The maximum atomic E-state index is 6.37. The number of nitrogens with zero attached hydrogens (tertiary/aromatic N) is 4. The Morgan fingerprint density at radius 1 is 1.33 bits per heavy atom. The lowest BCUT2D eigenvalue weighted by Crippen LogP contribution is -2.19. The van der Waals surface area contributed by atoms with Crippen molar-refractivity contribution >= 4 is 11.6 Å². The van der Waals surface area contributed by atoms with E-state index in [1.54, 1.807) is 0 Å². The summed E-state index contributed by atoms with van der Waals surface area (Å²) in [5.74, 6) is 0.646. The van der Waals surface area contributed by atoms with Gasteiger partial charge in [0, 0.05) is 19.8 Å². The molecule has 2 aromatic rings. The molecule has 2 rings (SSSR count). The molecular formula is C15H24ClN5. The second-order valence-corrected chi connectivity index (χ2v) is 6.09. The lowest BCUT2D eigenvalue weighted by atomic mass is 10.2. The van der Waals surface area contributed by atoms with E-state index in [1.165, 1.54) is 0 Å². The monoisotopic (exact) mass is 309 g/mol. The number of rotatable bonds is 7. The highest BCUT2D eigenvalue weighted by Crippen LogP contribution is 2.21. The van der Waals surface area contributed by atoms with Crippen LogP contribution in [0.25, 0.3) is 0 Å². The molecule has 0 saturated carbocycles. The van der Waals surface area contributed by atoms with Crippen molar-refractivity contribution in [3.63, 3.8) is 0 Å². The van der Waals surface area contributed by atoms with Gasteiger partial charge in [-0.15, -0.1) is 0 Å². The van der Waals surface area contributed by atoms with E-state index in [4.69, 9.17) is 11.6 Å². The van der Waals surface area contributed by atoms with Crippen molar-refractivity contribution in [2.45, 2.75) is 40.3 Å². The highest BCUT2D eigenvalue weighted by Gasteiger charge is 2.13. The molecule has 0 aliphatic rings. The van der Waals surface area contributed by atoms with Gasteiger partial charge >= 0.3 is 0 Å². The zero-order valence-corrected chi connectivity index (χ0v) is 14.0. The van der Waals surface area contributed by atoms with Crippen molar-refractivity contribution in [1.29, 1.82) is 0 Å². The van der Waals surface area contributed by atoms with Crippen LogP contribution in [-0.2, 0) is 26.6 Å². The first-order chi connectivity index (χ1) is 10.0. The predicted molar refractivity (Wildman–Crippen MR) is 85.5 cm³/mol. The average Bonchev–Trinajstić information content (AvgIpc) is 2.98. The summed E-state index contributed by atoms with van der Waals surface area (Å²) >= 11 is 6.37. The number of hydrogen-bond donors (Lipinski definition) is 1. The minimum Gasteiger partial charge on any atom is -0.311 e. The number of aromatic nitrogens is 4. The van der Waals surface area contributed by atoms with Crippen LogP contribution in [0.15, 0.2) is 12.3 Å². The van der Waals surface area contributed by atoms with Gasteiger partial charge in [0.15, 0.2) is 0 Å². The fourth-order valence-electron chi connectivity index (χ4n) is 2.22. The Labute approximate surface area is 131 Å². The van der Waals surface area contributed by atoms with Crippen molar-refractivity contribution in [2.24, 2.45) is 13.0 Å². The summed E-state index contributed by atoms with van der Waals surface area (Å²) in [6, 6.07) is 2.04. The molecule has 0 amide bonds. The summed E-state index contributed by atoms with van der Waals surface area (Å²) in [6.07, 6.45) is 2.83. The molecule has 0 radical (unpaired) electrons. The Bertz CT molecular complexity index is 585. The summed E-state index contributed by atoms with van der Waals surface area (Å²) in [4.78, 5) is 0. The minimum atomic E-state index is 0.645. The van der Waals surface area contributed by atoms with Crippen molar-refractivity contribution in [2.75, 3.05) is 6.54 Å². The zero-order valence-electron chi connectivity index (χ0n) is 13.2. The van der Waals surface area contributed by atoms with Crippen LogP contribution in [-0.4, -0.2) is 26.1 Å². The zero-order chi connectivity index (χ0) is 15.4. The summed E-state index contributed by atoms with van der Waals surface area (Å²) in [6.45, 7) is 8.89. The van der Waals surface area contributed by atoms with Gasteiger partial charge in [0.2, 0.25) is 0 Å². The van der Waals surface area contributed by atoms with E-state index in [0.717, 1.165) is 41.6 Å². The standard InChI is InChI=1S/C15H24ClN5/c1-5-13-15(16)14(20(4)19-13)10-21-7-6-12(18-21)9-17-8-11(2)3/h6-7,11,17H,5,8-10H2,1-4H3. The first kappa shape index (κ1) is 16.0. The van der Waals surface area contributed by atoms with Gasteiger partial charge in [0.05, 0.1) is 28.6 Å². The van der Waals surface area contributed by atoms with Crippen molar-refractivity contribution in [1.82, 2.24) is 24.9 Å². The van der Waals surface area contributed by atoms with Gasteiger partial charge in [-0.25, -0.2) is 0 Å². The van der Waals surface area contributed by atoms with Crippen LogP contribution in [0.2, 0.25) is 5.02 Å². The molecule has 0 spiro atoms. The average molecular weight is 310 g/mol. The number of hydrogen-bond acceptors (Lipinski definition) is 3. The van der Waals surface area contributed by atoms with Gasteiger partial charge in [-0.1, -0.05) is 32.4 Å². The SMILES string of the molecule is CCc1nn(C)c(Cn2ccc(CNCC(C)C)n2)c1Cl. The lowest BCUT2D eigenvalue weighted by Gasteiger charge is -2.05. The molecule has 0 bridgehead atoms. The van der Waals surface area contributed by atoms with Gasteiger partial charge in [-0.05, 0) is 24.9 Å². The molecule has 2 heterocycles. The largest absolute Gasteiger partial charge is 0.311 e.